The minimum absolute atomic E-state index is 0.236. The molecule has 1 aromatic rings. The van der Waals surface area contributed by atoms with E-state index in [-0.39, 0.29) is 5.82 Å². The highest BCUT2D eigenvalue weighted by atomic mass is 79.9. The molecule has 0 N–H and O–H groups in total. The second kappa shape index (κ2) is 5.50. The lowest BCUT2D eigenvalue weighted by molar-refractivity contribution is 0.382. The smallest absolute Gasteiger partial charge is 0.168 e. The third kappa shape index (κ3) is 3.20. The average Bonchev–Trinajstić information content (AvgIpc) is 2.21. The molecule has 0 saturated heterocycles. The minimum Gasteiger partial charge on any atom is -0.494 e. The van der Waals surface area contributed by atoms with Crippen molar-refractivity contribution in [3.05, 3.63) is 29.6 Å². The molecule has 2 unspecified atom stereocenters. The summed E-state index contributed by atoms with van der Waals surface area (Å²) in [4.78, 5) is 0.378. The van der Waals surface area contributed by atoms with E-state index in [2.05, 4.69) is 29.8 Å². The van der Waals surface area contributed by atoms with E-state index < -0.39 is 0 Å². The molecule has 0 saturated carbocycles. The average molecular weight is 275 g/mol. The molecule has 1 rings (SSSR count). The first-order valence-corrected chi connectivity index (χ1v) is 5.93. The lowest BCUT2D eigenvalue weighted by Gasteiger charge is -2.15. The standard InChI is InChI=1S/C12H16BrFO/c1-8(9(2)13)7-10-5-4-6-11(15-3)12(10)14/h4-6,8-9H,7H2,1-3H3. The van der Waals surface area contributed by atoms with Crippen LogP contribution in [0.15, 0.2) is 18.2 Å². The molecule has 1 aromatic carbocycles. The van der Waals surface area contributed by atoms with Crippen LogP contribution in [0.5, 0.6) is 5.75 Å². The number of alkyl halides is 1. The second-order valence-corrected chi connectivity index (χ2v) is 5.24. The summed E-state index contributed by atoms with van der Waals surface area (Å²) in [5.74, 6) is 0.480. The Morgan fingerprint density at radius 2 is 2.07 bits per heavy atom. The van der Waals surface area contributed by atoms with E-state index in [1.165, 1.54) is 7.11 Å². The predicted octanol–water partition coefficient (Wildman–Crippen LogP) is 3.80. The lowest BCUT2D eigenvalue weighted by atomic mass is 9.98. The van der Waals surface area contributed by atoms with Gasteiger partial charge in [-0.3, -0.25) is 0 Å². The summed E-state index contributed by atoms with van der Waals surface area (Å²) in [6, 6.07) is 5.27. The number of methoxy groups -OCH3 is 1. The van der Waals surface area contributed by atoms with Crippen LogP contribution in [0, 0.1) is 11.7 Å². The highest BCUT2D eigenvalue weighted by Crippen LogP contribution is 2.24. The second-order valence-electron chi connectivity index (χ2n) is 3.79. The van der Waals surface area contributed by atoms with Gasteiger partial charge in [0, 0.05) is 4.83 Å². The van der Waals surface area contributed by atoms with Crippen molar-refractivity contribution in [3.8, 4) is 5.75 Å². The Labute approximate surface area is 98.8 Å². The van der Waals surface area contributed by atoms with Crippen LogP contribution in [-0.4, -0.2) is 11.9 Å². The molecule has 0 aliphatic heterocycles. The van der Waals surface area contributed by atoms with Crippen molar-refractivity contribution in [1.29, 1.82) is 0 Å². The summed E-state index contributed by atoms with van der Waals surface area (Å²) in [6.07, 6.45) is 0.718. The summed E-state index contributed by atoms with van der Waals surface area (Å²) in [5, 5.41) is 0. The van der Waals surface area contributed by atoms with Gasteiger partial charge in [-0.05, 0) is 24.0 Å². The fourth-order valence-corrected chi connectivity index (χ4v) is 1.57. The van der Waals surface area contributed by atoms with Crippen LogP contribution in [0.25, 0.3) is 0 Å². The Balaban J connectivity index is 2.86. The van der Waals surface area contributed by atoms with Crippen LogP contribution in [0.2, 0.25) is 0 Å². The topological polar surface area (TPSA) is 9.23 Å². The molecule has 0 bridgehead atoms. The monoisotopic (exact) mass is 274 g/mol. The number of ether oxygens (including phenoxy) is 1. The van der Waals surface area contributed by atoms with Gasteiger partial charge < -0.3 is 4.74 Å². The van der Waals surface area contributed by atoms with E-state index >= 15 is 0 Å². The maximum atomic E-state index is 13.8. The van der Waals surface area contributed by atoms with Crippen LogP contribution in [0.3, 0.4) is 0 Å². The Hall–Kier alpha value is -0.570. The fraction of sp³-hybridized carbons (Fsp3) is 0.500. The quantitative estimate of drug-likeness (QED) is 0.759. The molecule has 0 aromatic heterocycles. The number of hydrogen-bond donors (Lipinski definition) is 0. The maximum Gasteiger partial charge on any atom is 0.168 e. The van der Waals surface area contributed by atoms with Crippen molar-refractivity contribution >= 4 is 15.9 Å². The Morgan fingerprint density at radius 1 is 1.40 bits per heavy atom. The number of rotatable bonds is 4. The van der Waals surface area contributed by atoms with Gasteiger partial charge in [0.05, 0.1) is 7.11 Å². The van der Waals surface area contributed by atoms with Crippen molar-refractivity contribution in [2.24, 2.45) is 5.92 Å². The Bertz CT molecular complexity index is 325. The van der Waals surface area contributed by atoms with Gasteiger partial charge in [-0.2, -0.15) is 0 Å². The molecule has 3 heteroatoms. The predicted molar refractivity (Wildman–Crippen MR) is 64.2 cm³/mol. The summed E-state index contributed by atoms with van der Waals surface area (Å²) < 4.78 is 18.7. The summed E-state index contributed by atoms with van der Waals surface area (Å²) >= 11 is 3.50. The van der Waals surface area contributed by atoms with E-state index in [1.54, 1.807) is 6.07 Å². The van der Waals surface area contributed by atoms with Gasteiger partial charge in [0.15, 0.2) is 11.6 Å². The first kappa shape index (κ1) is 12.5. The van der Waals surface area contributed by atoms with Gasteiger partial charge in [0.25, 0.3) is 0 Å². The number of halogens is 2. The zero-order chi connectivity index (χ0) is 11.4. The van der Waals surface area contributed by atoms with E-state index in [0.717, 1.165) is 6.42 Å². The maximum absolute atomic E-state index is 13.8. The number of benzene rings is 1. The van der Waals surface area contributed by atoms with Crippen molar-refractivity contribution in [2.75, 3.05) is 7.11 Å². The Morgan fingerprint density at radius 3 is 2.60 bits per heavy atom. The molecule has 0 amide bonds. The summed E-state index contributed by atoms with van der Waals surface area (Å²) in [7, 11) is 1.48. The normalized spacial score (nSPS) is 14.7. The highest BCUT2D eigenvalue weighted by molar-refractivity contribution is 9.09. The van der Waals surface area contributed by atoms with E-state index in [4.69, 9.17) is 4.74 Å². The molecule has 0 aliphatic rings. The zero-order valence-electron chi connectivity index (χ0n) is 9.26. The molecular weight excluding hydrogens is 259 g/mol. The molecule has 84 valence electrons. The SMILES string of the molecule is COc1cccc(CC(C)C(C)Br)c1F. The molecule has 0 fully saturated rings. The molecule has 15 heavy (non-hydrogen) atoms. The van der Waals surface area contributed by atoms with Gasteiger partial charge >= 0.3 is 0 Å². The van der Waals surface area contributed by atoms with Crippen molar-refractivity contribution in [2.45, 2.75) is 25.1 Å². The van der Waals surface area contributed by atoms with Gasteiger partial charge in [-0.1, -0.05) is 41.9 Å². The van der Waals surface area contributed by atoms with Crippen molar-refractivity contribution in [3.63, 3.8) is 0 Å². The largest absolute Gasteiger partial charge is 0.494 e. The zero-order valence-corrected chi connectivity index (χ0v) is 10.8. The molecule has 0 radical (unpaired) electrons. The van der Waals surface area contributed by atoms with Gasteiger partial charge in [-0.15, -0.1) is 0 Å². The van der Waals surface area contributed by atoms with Crippen LogP contribution in [-0.2, 0) is 6.42 Å². The van der Waals surface area contributed by atoms with Gasteiger partial charge in [0.2, 0.25) is 0 Å². The summed E-state index contributed by atoms with van der Waals surface area (Å²) in [5.41, 5.74) is 0.716. The first-order valence-electron chi connectivity index (χ1n) is 5.01. The third-order valence-corrected chi connectivity index (χ3v) is 3.49. The van der Waals surface area contributed by atoms with Gasteiger partial charge in [-0.25, -0.2) is 4.39 Å². The van der Waals surface area contributed by atoms with Crippen molar-refractivity contribution in [1.82, 2.24) is 0 Å². The molecule has 2 atom stereocenters. The highest BCUT2D eigenvalue weighted by Gasteiger charge is 2.14. The molecule has 0 spiro atoms. The molecule has 1 nitrogen and oxygen atoms in total. The lowest BCUT2D eigenvalue weighted by Crippen LogP contribution is -2.11. The van der Waals surface area contributed by atoms with Crippen LogP contribution in [0.1, 0.15) is 19.4 Å². The molecule has 0 aliphatic carbocycles. The van der Waals surface area contributed by atoms with Crippen LogP contribution >= 0.6 is 15.9 Å². The minimum atomic E-state index is -0.236. The fourth-order valence-electron chi connectivity index (χ4n) is 1.38. The van der Waals surface area contributed by atoms with Crippen LogP contribution < -0.4 is 4.74 Å². The Kier molecular flexibility index (Phi) is 4.58. The number of hydrogen-bond acceptors (Lipinski definition) is 1. The summed E-state index contributed by atoms with van der Waals surface area (Å²) in [6.45, 7) is 4.17. The third-order valence-electron chi connectivity index (χ3n) is 2.59. The molecule has 0 heterocycles. The first-order chi connectivity index (χ1) is 7.06. The van der Waals surface area contributed by atoms with Gasteiger partial charge in [0.1, 0.15) is 0 Å². The van der Waals surface area contributed by atoms with Crippen LogP contribution in [0.4, 0.5) is 4.39 Å². The van der Waals surface area contributed by atoms with E-state index in [0.29, 0.717) is 22.1 Å². The van der Waals surface area contributed by atoms with E-state index in [9.17, 15) is 4.39 Å². The van der Waals surface area contributed by atoms with Crippen molar-refractivity contribution < 1.29 is 9.13 Å². The molecular formula is C12H16BrFO. The van der Waals surface area contributed by atoms with E-state index in [1.807, 2.05) is 12.1 Å².